The Morgan fingerprint density at radius 3 is 2.63 bits per heavy atom. The molecule has 38 heavy (non-hydrogen) atoms. The number of pyridine rings is 1. The number of carbonyl (C=O) groups excluding carboxylic acids is 1. The second-order valence-corrected chi connectivity index (χ2v) is 10.5. The number of carbonyl (C=O) groups is 1. The normalized spacial score (nSPS) is 16.4. The lowest BCUT2D eigenvalue weighted by atomic mass is 10.1. The predicted octanol–water partition coefficient (Wildman–Crippen LogP) is 2.07. The van der Waals surface area contributed by atoms with Crippen LogP contribution in [0.4, 0.5) is 5.82 Å². The summed E-state index contributed by atoms with van der Waals surface area (Å²) in [6.45, 7) is 5.50. The largest absolute Gasteiger partial charge is 0.493 e. The number of aliphatic imine (C=N–C) groups is 2. The number of nitrogen functional groups attached to an aromatic ring is 1. The standard InChI is InChI=1S/C26H28N6O5S/c1-17(36-2)22(37-16-18-4-8-21(9-5-18)38(3,34)35)10-6-19-14-30-26(32-13-12-28-24(19)32)31-25(33)20-7-11-23(27)29-15-20/h4-11,15H,1,12-14,16H2,2-3H3,(H2,27,29)(H,30,31,33)/b19-6+,22-10+. The van der Waals surface area contributed by atoms with Gasteiger partial charge < -0.3 is 15.2 Å². The number of anilines is 1. The number of hydrogen-bond acceptors (Lipinski definition) is 10. The molecule has 12 heteroatoms. The number of nitrogens with two attached hydrogens (primary N) is 1. The number of sulfone groups is 1. The first-order valence-electron chi connectivity index (χ1n) is 11.6. The first-order chi connectivity index (χ1) is 18.2. The summed E-state index contributed by atoms with van der Waals surface area (Å²) in [5, 5.41) is 2.83. The van der Waals surface area contributed by atoms with Gasteiger partial charge in [0.15, 0.2) is 21.4 Å². The number of rotatable bonds is 8. The second kappa shape index (κ2) is 11.3. The van der Waals surface area contributed by atoms with Crippen molar-refractivity contribution in [3.8, 4) is 0 Å². The van der Waals surface area contributed by atoms with Crippen LogP contribution in [0.3, 0.4) is 0 Å². The third-order valence-electron chi connectivity index (χ3n) is 5.76. The van der Waals surface area contributed by atoms with Gasteiger partial charge in [0, 0.05) is 24.6 Å². The van der Waals surface area contributed by atoms with E-state index >= 15 is 0 Å². The Morgan fingerprint density at radius 2 is 1.97 bits per heavy atom. The topological polar surface area (TPSA) is 149 Å². The highest BCUT2D eigenvalue weighted by atomic mass is 32.2. The number of aromatic nitrogens is 1. The van der Waals surface area contributed by atoms with E-state index in [1.807, 2.05) is 11.0 Å². The highest BCUT2D eigenvalue weighted by Crippen LogP contribution is 2.20. The van der Waals surface area contributed by atoms with Gasteiger partial charge in [-0.2, -0.15) is 0 Å². The van der Waals surface area contributed by atoms with Crippen molar-refractivity contribution in [3.05, 3.63) is 89.5 Å². The van der Waals surface area contributed by atoms with Crippen LogP contribution < -0.4 is 11.1 Å². The number of guanidine groups is 1. The highest BCUT2D eigenvalue weighted by Gasteiger charge is 2.29. The van der Waals surface area contributed by atoms with Gasteiger partial charge in [-0.05, 0) is 42.0 Å². The van der Waals surface area contributed by atoms with Crippen molar-refractivity contribution in [3.63, 3.8) is 0 Å². The van der Waals surface area contributed by atoms with Gasteiger partial charge in [-0.1, -0.05) is 18.7 Å². The molecule has 2 aliphatic rings. The zero-order chi connectivity index (χ0) is 27.3. The van der Waals surface area contributed by atoms with E-state index in [0.29, 0.717) is 54.3 Å². The molecule has 0 atom stereocenters. The maximum absolute atomic E-state index is 12.6. The smallest absolute Gasteiger partial charge is 0.259 e. The molecule has 2 aliphatic heterocycles. The number of fused-ring (bicyclic) bond motifs is 1. The van der Waals surface area contributed by atoms with Crippen LogP contribution in [0.5, 0.6) is 0 Å². The van der Waals surface area contributed by atoms with Crippen LogP contribution in [0.1, 0.15) is 15.9 Å². The average Bonchev–Trinajstić information content (AvgIpc) is 3.40. The van der Waals surface area contributed by atoms with Crippen LogP contribution in [-0.4, -0.2) is 69.0 Å². The minimum Gasteiger partial charge on any atom is -0.493 e. The quantitative estimate of drug-likeness (QED) is 0.385. The zero-order valence-electron chi connectivity index (χ0n) is 21.0. The molecular formula is C26H28N6O5S. The fourth-order valence-electron chi connectivity index (χ4n) is 3.68. The monoisotopic (exact) mass is 536 g/mol. The van der Waals surface area contributed by atoms with E-state index in [2.05, 4.69) is 26.9 Å². The molecule has 3 heterocycles. The SMILES string of the molecule is C=C(OC)/C(=C\C=C1/CN=C(NC(=O)c2ccc(N)nc2)N2CCN=C12)OCc1ccc(S(C)(=O)=O)cc1. The van der Waals surface area contributed by atoms with Crippen LogP contribution in [0.2, 0.25) is 0 Å². The summed E-state index contributed by atoms with van der Waals surface area (Å²) in [4.78, 5) is 27.8. The molecule has 0 saturated carbocycles. The Hall–Kier alpha value is -4.45. The number of benzene rings is 1. The molecule has 2 aromatic rings. The molecule has 0 radical (unpaired) electrons. The summed E-state index contributed by atoms with van der Waals surface area (Å²) < 4.78 is 34.6. The van der Waals surface area contributed by atoms with Crippen LogP contribution in [0.25, 0.3) is 0 Å². The summed E-state index contributed by atoms with van der Waals surface area (Å²) in [7, 11) is -1.78. The van der Waals surface area contributed by atoms with E-state index in [-0.39, 0.29) is 17.4 Å². The molecule has 0 fully saturated rings. The molecular weight excluding hydrogens is 508 g/mol. The lowest BCUT2D eigenvalue weighted by Gasteiger charge is -2.27. The van der Waals surface area contributed by atoms with Gasteiger partial charge in [-0.25, -0.2) is 18.4 Å². The molecule has 198 valence electrons. The number of ether oxygens (including phenoxy) is 2. The molecule has 1 aromatic heterocycles. The average molecular weight is 537 g/mol. The van der Waals surface area contributed by atoms with E-state index in [1.54, 1.807) is 30.3 Å². The van der Waals surface area contributed by atoms with Crippen molar-refractivity contribution in [2.45, 2.75) is 11.5 Å². The third-order valence-corrected chi connectivity index (χ3v) is 6.89. The van der Waals surface area contributed by atoms with E-state index < -0.39 is 9.84 Å². The Morgan fingerprint density at radius 1 is 1.21 bits per heavy atom. The second-order valence-electron chi connectivity index (χ2n) is 8.48. The van der Waals surface area contributed by atoms with Crippen LogP contribution in [0.15, 0.2) is 93.3 Å². The van der Waals surface area contributed by atoms with Crippen molar-refractivity contribution in [1.82, 2.24) is 15.2 Å². The van der Waals surface area contributed by atoms with Gasteiger partial charge in [0.1, 0.15) is 18.3 Å². The van der Waals surface area contributed by atoms with Gasteiger partial charge >= 0.3 is 0 Å². The Kier molecular flexibility index (Phi) is 7.91. The summed E-state index contributed by atoms with van der Waals surface area (Å²) in [5.74, 6) is 1.84. The van der Waals surface area contributed by atoms with Crippen LogP contribution in [0, 0.1) is 0 Å². The first kappa shape index (κ1) is 26.6. The number of methoxy groups -OCH3 is 1. The van der Waals surface area contributed by atoms with Crippen molar-refractivity contribution in [2.24, 2.45) is 9.98 Å². The number of nitrogens with zero attached hydrogens (tertiary/aromatic N) is 4. The van der Waals surface area contributed by atoms with E-state index in [1.165, 1.54) is 25.4 Å². The maximum atomic E-state index is 12.6. The number of hydrogen-bond donors (Lipinski definition) is 2. The Labute approximate surface area is 221 Å². The molecule has 11 nitrogen and oxygen atoms in total. The van der Waals surface area contributed by atoms with E-state index in [4.69, 9.17) is 15.2 Å². The molecule has 0 aliphatic carbocycles. The summed E-state index contributed by atoms with van der Waals surface area (Å²) in [6.07, 6.45) is 6.13. The van der Waals surface area contributed by atoms with Crippen molar-refractivity contribution >= 4 is 33.4 Å². The van der Waals surface area contributed by atoms with Gasteiger partial charge in [0.2, 0.25) is 5.96 Å². The Balaban J connectivity index is 1.48. The molecule has 0 bridgehead atoms. The molecule has 0 unspecified atom stereocenters. The molecule has 0 saturated heterocycles. The number of amides is 1. The Bertz CT molecular complexity index is 1460. The third kappa shape index (κ3) is 6.27. The molecule has 4 rings (SSSR count). The molecule has 1 amide bonds. The fraction of sp³-hybridized carbons (Fsp3) is 0.231. The molecule has 1 aromatic carbocycles. The van der Waals surface area contributed by atoms with Crippen molar-refractivity contribution in [1.29, 1.82) is 0 Å². The lowest BCUT2D eigenvalue weighted by molar-refractivity contribution is 0.0973. The van der Waals surface area contributed by atoms with E-state index in [0.717, 1.165) is 17.4 Å². The van der Waals surface area contributed by atoms with Gasteiger partial charge in [0.05, 0.1) is 30.7 Å². The maximum Gasteiger partial charge on any atom is 0.259 e. The van der Waals surface area contributed by atoms with Gasteiger partial charge in [-0.3, -0.25) is 20.0 Å². The highest BCUT2D eigenvalue weighted by molar-refractivity contribution is 7.90. The van der Waals surface area contributed by atoms with Crippen molar-refractivity contribution < 1.29 is 22.7 Å². The summed E-state index contributed by atoms with van der Waals surface area (Å²) in [5.41, 5.74) is 7.58. The fourth-order valence-corrected chi connectivity index (χ4v) is 4.31. The minimum absolute atomic E-state index is 0.183. The van der Waals surface area contributed by atoms with Gasteiger partial charge in [0.25, 0.3) is 5.91 Å². The van der Waals surface area contributed by atoms with E-state index in [9.17, 15) is 13.2 Å². The number of nitrogens with one attached hydrogen (secondary N) is 1. The van der Waals surface area contributed by atoms with Crippen LogP contribution in [-0.2, 0) is 25.9 Å². The number of amidine groups is 1. The summed E-state index contributed by atoms with van der Waals surface area (Å²) in [6, 6.07) is 9.62. The van der Waals surface area contributed by atoms with Crippen molar-refractivity contribution in [2.75, 3.05) is 38.7 Å². The zero-order valence-corrected chi connectivity index (χ0v) is 21.9. The van der Waals surface area contributed by atoms with Crippen LogP contribution >= 0.6 is 0 Å². The predicted molar refractivity (Wildman–Crippen MR) is 144 cm³/mol. The van der Waals surface area contributed by atoms with Gasteiger partial charge in [-0.15, -0.1) is 0 Å². The minimum atomic E-state index is -3.27. The molecule has 0 spiro atoms. The lowest BCUT2D eigenvalue weighted by Crippen LogP contribution is -2.49. The molecule has 3 N–H and O–H groups in total. The summed E-state index contributed by atoms with van der Waals surface area (Å²) >= 11 is 0. The first-order valence-corrected chi connectivity index (χ1v) is 13.5. The number of allylic oxidation sites excluding steroid dienone is 2.